The van der Waals surface area contributed by atoms with Gasteiger partial charge in [0.05, 0.1) is 5.75 Å². The van der Waals surface area contributed by atoms with Crippen LogP contribution in [0.1, 0.15) is 52.0 Å². The van der Waals surface area contributed by atoms with E-state index in [0.29, 0.717) is 23.6 Å². The predicted molar refractivity (Wildman–Crippen MR) is 113 cm³/mol. The van der Waals surface area contributed by atoms with Gasteiger partial charge in [-0.05, 0) is 76.7 Å². The van der Waals surface area contributed by atoms with Gasteiger partial charge in [0.15, 0.2) is 0 Å². The molecule has 27 heavy (non-hydrogen) atoms. The number of hydrogen-bond donors (Lipinski definition) is 3. The smallest absolute Gasteiger partial charge is 0.224 e. The van der Waals surface area contributed by atoms with Gasteiger partial charge >= 0.3 is 0 Å². The number of carbonyl (C=O) groups excluding carboxylic acids is 1. The minimum atomic E-state index is -3.43. The van der Waals surface area contributed by atoms with E-state index in [1.54, 1.807) is 24.3 Å². The van der Waals surface area contributed by atoms with E-state index < -0.39 is 15.6 Å². The molecule has 1 saturated heterocycles. The van der Waals surface area contributed by atoms with Crippen LogP contribution in [0.3, 0.4) is 0 Å². The molecule has 0 unspecified atom stereocenters. The summed E-state index contributed by atoms with van der Waals surface area (Å²) in [6.07, 6.45) is 3.65. The lowest BCUT2D eigenvalue weighted by Crippen LogP contribution is -2.41. The van der Waals surface area contributed by atoms with Crippen LogP contribution in [0.2, 0.25) is 0 Å². The quantitative estimate of drug-likeness (QED) is 0.636. The normalized spacial score (nSPS) is 15.8. The second-order valence-electron chi connectivity index (χ2n) is 8.09. The summed E-state index contributed by atoms with van der Waals surface area (Å²) in [6.45, 7) is 7.49. The van der Waals surface area contributed by atoms with Gasteiger partial charge in [-0.1, -0.05) is 12.1 Å². The summed E-state index contributed by atoms with van der Waals surface area (Å²) in [5.74, 6) is 0.488. The maximum absolute atomic E-state index is 12.2. The van der Waals surface area contributed by atoms with Crippen LogP contribution in [0.5, 0.6) is 0 Å². The summed E-state index contributed by atoms with van der Waals surface area (Å²) >= 11 is 0. The van der Waals surface area contributed by atoms with E-state index >= 15 is 0 Å². The van der Waals surface area contributed by atoms with Gasteiger partial charge in [-0.15, -0.1) is 12.4 Å². The van der Waals surface area contributed by atoms with Crippen molar-refractivity contribution in [1.29, 1.82) is 0 Å². The molecule has 6 nitrogen and oxygen atoms in total. The van der Waals surface area contributed by atoms with Crippen molar-refractivity contribution in [2.24, 2.45) is 5.92 Å². The SMILES string of the molecule is CC(C)(C)NS(=O)(=O)Cc1cccc(NC(=O)CCC2CCNCC2)c1.Cl. The molecule has 0 radical (unpaired) electrons. The van der Waals surface area contributed by atoms with Gasteiger partial charge in [0.25, 0.3) is 0 Å². The van der Waals surface area contributed by atoms with E-state index in [-0.39, 0.29) is 24.1 Å². The Kier molecular flexibility index (Phi) is 9.21. The third kappa shape index (κ3) is 9.55. The first-order chi connectivity index (χ1) is 12.1. The lowest BCUT2D eigenvalue weighted by Gasteiger charge is -2.22. The standard InChI is InChI=1S/C19H31N3O3S.ClH/c1-19(2,3)22-26(24,25)14-16-5-4-6-17(13-16)21-18(23)8-7-15-9-11-20-12-10-15;/h4-6,13,15,20,22H,7-12,14H2,1-3H3,(H,21,23);1H. The van der Waals surface area contributed by atoms with Gasteiger partial charge in [-0.25, -0.2) is 13.1 Å². The number of rotatable bonds is 7. The number of carbonyl (C=O) groups is 1. The number of amides is 1. The Morgan fingerprint density at radius 1 is 1.22 bits per heavy atom. The Morgan fingerprint density at radius 3 is 2.52 bits per heavy atom. The van der Waals surface area contributed by atoms with E-state index in [9.17, 15) is 13.2 Å². The van der Waals surface area contributed by atoms with Crippen molar-refractivity contribution in [2.75, 3.05) is 18.4 Å². The van der Waals surface area contributed by atoms with Crippen LogP contribution in [0.15, 0.2) is 24.3 Å². The molecule has 1 aromatic rings. The molecule has 8 heteroatoms. The lowest BCUT2D eigenvalue weighted by atomic mass is 9.93. The Balaban J connectivity index is 0.00000364. The molecule has 1 heterocycles. The second-order valence-corrected chi connectivity index (χ2v) is 9.81. The van der Waals surface area contributed by atoms with Crippen LogP contribution in [-0.4, -0.2) is 33.0 Å². The highest BCUT2D eigenvalue weighted by molar-refractivity contribution is 7.88. The molecule has 1 aromatic carbocycles. The van der Waals surface area contributed by atoms with Crippen LogP contribution in [0.25, 0.3) is 0 Å². The fourth-order valence-corrected chi connectivity index (χ4v) is 4.81. The fourth-order valence-electron chi connectivity index (χ4n) is 3.19. The summed E-state index contributed by atoms with van der Waals surface area (Å²) in [4.78, 5) is 12.2. The molecule has 1 amide bonds. The Hall–Kier alpha value is -1.15. The summed E-state index contributed by atoms with van der Waals surface area (Å²) in [5.41, 5.74) is 0.779. The van der Waals surface area contributed by atoms with Crippen molar-refractivity contribution in [3.05, 3.63) is 29.8 Å². The molecular formula is C19H32ClN3O3S. The molecule has 1 aliphatic rings. The monoisotopic (exact) mass is 417 g/mol. The minimum absolute atomic E-state index is 0. The van der Waals surface area contributed by atoms with Crippen LogP contribution in [0, 0.1) is 5.92 Å². The Bertz CT molecular complexity index is 711. The van der Waals surface area contributed by atoms with Crippen LogP contribution >= 0.6 is 12.4 Å². The van der Waals surface area contributed by atoms with Gasteiger partial charge < -0.3 is 10.6 Å². The molecule has 0 atom stereocenters. The fraction of sp³-hybridized carbons (Fsp3) is 0.632. The average molecular weight is 418 g/mol. The third-order valence-electron chi connectivity index (χ3n) is 4.27. The zero-order chi connectivity index (χ0) is 19.2. The van der Waals surface area contributed by atoms with E-state index in [1.165, 1.54) is 0 Å². The van der Waals surface area contributed by atoms with Crippen LogP contribution in [-0.2, 0) is 20.6 Å². The molecule has 0 saturated carbocycles. The lowest BCUT2D eigenvalue weighted by molar-refractivity contribution is -0.116. The predicted octanol–water partition coefficient (Wildman–Crippen LogP) is 3.04. The van der Waals surface area contributed by atoms with Crippen LogP contribution < -0.4 is 15.4 Å². The van der Waals surface area contributed by atoms with Crippen molar-refractivity contribution in [3.8, 4) is 0 Å². The Morgan fingerprint density at radius 2 is 1.89 bits per heavy atom. The average Bonchev–Trinajstić information content (AvgIpc) is 2.51. The number of hydrogen-bond acceptors (Lipinski definition) is 4. The number of sulfonamides is 1. The first-order valence-electron chi connectivity index (χ1n) is 9.24. The first kappa shape index (κ1) is 23.9. The summed E-state index contributed by atoms with van der Waals surface area (Å²) in [5, 5.41) is 6.21. The molecule has 0 aliphatic carbocycles. The summed E-state index contributed by atoms with van der Waals surface area (Å²) in [6, 6.07) is 7.04. The molecule has 3 N–H and O–H groups in total. The third-order valence-corrected chi connectivity index (χ3v) is 5.90. The van der Waals surface area contributed by atoms with Crippen molar-refractivity contribution < 1.29 is 13.2 Å². The zero-order valence-electron chi connectivity index (χ0n) is 16.4. The highest BCUT2D eigenvalue weighted by atomic mass is 35.5. The number of halogens is 1. The molecule has 1 fully saturated rings. The number of benzene rings is 1. The zero-order valence-corrected chi connectivity index (χ0v) is 18.0. The Labute approximate surface area is 169 Å². The van der Waals surface area contributed by atoms with Gasteiger partial charge in [0.1, 0.15) is 0 Å². The van der Waals surface area contributed by atoms with Crippen molar-refractivity contribution >= 4 is 34.0 Å². The van der Waals surface area contributed by atoms with Gasteiger partial charge in [0, 0.05) is 17.6 Å². The van der Waals surface area contributed by atoms with Crippen molar-refractivity contribution in [3.63, 3.8) is 0 Å². The number of anilines is 1. The molecule has 1 aliphatic heterocycles. The van der Waals surface area contributed by atoms with E-state index in [1.807, 2.05) is 20.8 Å². The summed E-state index contributed by atoms with van der Waals surface area (Å²) < 4.78 is 27.1. The van der Waals surface area contributed by atoms with Crippen molar-refractivity contribution in [2.45, 2.75) is 57.7 Å². The summed E-state index contributed by atoms with van der Waals surface area (Å²) in [7, 11) is -3.43. The number of nitrogens with one attached hydrogen (secondary N) is 3. The maximum atomic E-state index is 12.2. The molecule has 2 rings (SSSR count). The van der Waals surface area contributed by atoms with Gasteiger partial charge in [0.2, 0.25) is 15.9 Å². The molecule has 0 bridgehead atoms. The van der Waals surface area contributed by atoms with E-state index in [0.717, 1.165) is 32.4 Å². The van der Waals surface area contributed by atoms with Gasteiger partial charge in [-0.2, -0.15) is 0 Å². The van der Waals surface area contributed by atoms with E-state index in [2.05, 4.69) is 15.4 Å². The second kappa shape index (κ2) is 10.4. The highest BCUT2D eigenvalue weighted by Crippen LogP contribution is 2.19. The highest BCUT2D eigenvalue weighted by Gasteiger charge is 2.20. The maximum Gasteiger partial charge on any atom is 0.224 e. The topological polar surface area (TPSA) is 87.3 Å². The molecule has 154 valence electrons. The van der Waals surface area contributed by atoms with Crippen molar-refractivity contribution in [1.82, 2.24) is 10.0 Å². The first-order valence-corrected chi connectivity index (χ1v) is 10.9. The molecule has 0 aromatic heterocycles. The van der Waals surface area contributed by atoms with E-state index in [4.69, 9.17) is 0 Å². The van der Waals surface area contributed by atoms with Crippen LogP contribution in [0.4, 0.5) is 5.69 Å². The largest absolute Gasteiger partial charge is 0.326 e. The number of piperidine rings is 1. The van der Waals surface area contributed by atoms with Gasteiger partial charge in [-0.3, -0.25) is 4.79 Å². The minimum Gasteiger partial charge on any atom is -0.326 e. The molecule has 0 spiro atoms. The molecular weight excluding hydrogens is 386 g/mol.